The normalized spacial score (nSPS) is 12.9. The smallest absolute Gasteiger partial charge is 0.256 e. The monoisotopic (exact) mass is 489 g/mol. The molecule has 0 bridgehead atoms. The Morgan fingerprint density at radius 2 is 1.06 bits per heavy atom. The summed E-state index contributed by atoms with van der Waals surface area (Å²) in [6.07, 6.45) is 26.2. The molecule has 1 unspecified atom stereocenters. The third-order valence-corrected chi connectivity index (χ3v) is 8.87. The number of thioether (sulfide) groups is 1. The van der Waals surface area contributed by atoms with E-state index in [1.807, 2.05) is 0 Å². The maximum atomic E-state index is 12.5. The summed E-state index contributed by atoms with van der Waals surface area (Å²) < 4.78 is 13.0. The fourth-order valence-corrected chi connectivity index (χ4v) is 6.44. The average molecular weight is 490 g/mol. The molecule has 0 saturated heterocycles. The minimum Gasteiger partial charge on any atom is -0.259 e. The lowest BCUT2D eigenvalue weighted by atomic mass is 10.1. The molecule has 32 heavy (non-hydrogen) atoms. The van der Waals surface area contributed by atoms with Crippen molar-refractivity contribution in [3.05, 3.63) is 20.6 Å². The Kier molecular flexibility index (Phi) is 25.0. The minimum atomic E-state index is -1.22. The third kappa shape index (κ3) is 22.8. The van der Waals surface area contributed by atoms with Crippen molar-refractivity contribution in [2.24, 2.45) is 0 Å². The molecule has 4 nitrogen and oxygen atoms in total. The second-order valence-corrected chi connectivity index (χ2v) is 11.9. The summed E-state index contributed by atoms with van der Waals surface area (Å²) >= 11 is 1.44. The molecule has 0 aliphatic heterocycles. The van der Waals surface area contributed by atoms with E-state index in [2.05, 4.69) is 13.8 Å². The van der Waals surface area contributed by atoms with Gasteiger partial charge in [-0.1, -0.05) is 129 Å². The van der Waals surface area contributed by atoms with Gasteiger partial charge in [-0.25, -0.2) is 0 Å². The topological polar surface area (TPSA) is 60.2 Å². The van der Waals surface area contributed by atoms with Gasteiger partial charge in [0.2, 0.25) is 0 Å². The van der Waals surface area contributed by atoms with Crippen molar-refractivity contribution in [2.45, 2.75) is 142 Å². The molecule has 0 aromatic carbocycles. The summed E-state index contributed by atoms with van der Waals surface area (Å²) in [7, 11) is -1.22. The van der Waals surface area contributed by atoms with Gasteiger partial charge in [-0.3, -0.25) is 14.3 Å². The van der Waals surface area contributed by atoms with Crippen LogP contribution in [0.5, 0.6) is 0 Å². The number of nitro groups is 1. The van der Waals surface area contributed by atoms with Crippen molar-refractivity contribution in [1.29, 1.82) is 0 Å². The Balaban J connectivity index is 3.79. The van der Waals surface area contributed by atoms with E-state index < -0.39 is 15.7 Å². The molecule has 190 valence electrons. The van der Waals surface area contributed by atoms with Crippen molar-refractivity contribution in [3.8, 4) is 0 Å². The van der Waals surface area contributed by atoms with E-state index in [0.29, 0.717) is 9.99 Å². The predicted molar refractivity (Wildman–Crippen MR) is 144 cm³/mol. The molecule has 0 aromatic heterocycles. The summed E-state index contributed by atoms with van der Waals surface area (Å²) in [4.78, 5) is 10.5. The Morgan fingerprint density at radius 1 is 0.688 bits per heavy atom. The summed E-state index contributed by atoms with van der Waals surface area (Å²) in [6.45, 7) is 4.49. The van der Waals surface area contributed by atoms with Crippen molar-refractivity contribution >= 4 is 22.6 Å². The number of nitrogens with zero attached hydrogens (tertiary/aromatic N) is 1. The Labute approximate surface area is 205 Å². The van der Waals surface area contributed by atoms with Gasteiger partial charge in [-0.05, 0) is 18.6 Å². The standard InChI is InChI=1S/C26H51NO3S2/c1-3-5-7-9-11-13-15-17-19-21-23-31-26(25-27(28)29)32(30)24-22-20-18-16-14-12-10-8-6-4-2/h25H,3-24H2,1-2H3/b26-25+. The molecule has 0 saturated carbocycles. The predicted octanol–water partition coefficient (Wildman–Crippen LogP) is 9.39. The van der Waals surface area contributed by atoms with Gasteiger partial charge in [0.15, 0.2) is 0 Å². The zero-order valence-corrected chi connectivity index (χ0v) is 22.8. The van der Waals surface area contributed by atoms with Crippen LogP contribution in [-0.2, 0) is 10.8 Å². The van der Waals surface area contributed by atoms with E-state index in [1.165, 1.54) is 121 Å². The fourth-order valence-electron chi connectivity index (χ4n) is 3.83. The first kappa shape index (κ1) is 31.6. The molecule has 6 heteroatoms. The molecule has 0 radical (unpaired) electrons. The minimum absolute atomic E-state index is 0.447. The van der Waals surface area contributed by atoms with Crippen molar-refractivity contribution in [2.75, 3.05) is 11.5 Å². The first-order chi connectivity index (χ1) is 15.6. The van der Waals surface area contributed by atoms with Gasteiger partial charge in [0, 0.05) is 5.75 Å². The summed E-state index contributed by atoms with van der Waals surface area (Å²) in [5.74, 6) is 1.39. The number of hydrogen-bond acceptors (Lipinski definition) is 4. The Morgan fingerprint density at radius 3 is 1.47 bits per heavy atom. The second-order valence-electron chi connectivity index (χ2n) is 9.00. The number of rotatable bonds is 25. The highest BCUT2D eigenvalue weighted by atomic mass is 32.2. The van der Waals surface area contributed by atoms with Crippen LogP contribution in [0, 0.1) is 10.1 Å². The van der Waals surface area contributed by atoms with Crippen LogP contribution in [0.4, 0.5) is 0 Å². The Hall–Kier alpha value is -0.360. The largest absolute Gasteiger partial charge is 0.259 e. The molecule has 0 spiro atoms. The Bertz CT molecular complexity index is 484. The van der Waals surface area contributed by atoms with Gasteiger partial charge < -0.3 is 0 Å². The highest BCUT2D eigenvalue weighted by molar-refractivity contribution is 8.16. The lowest BCUT2D eigenvalue weighted by Gasteiger charge is -2.06. The van der Waals surface area contributed by atoms with E-state index in [9.17, 15) is 14.3 Å². The maximum absolute atomic E-state index is 12.5. The highest BCUT2D eigenvalue weighted by Crippen LogP contribution is 2.23. The maximum Gasteiger partial charge on any atom is 0.256 e. The molecule has 0 aliphatic rings. The van der Waals surface area contributed by atoms with Gasteiger partial charge in [-0.15, -0.1) is 11.8 Å². The molecule has 0 rings (SSSR count). The molecular weight excluding hydrogens is 438 g/mol. The van der Waals surface area contributed by atoms with Crippen LogP contribution in [0.3, 0.4) is 0 Å². The molecule has 0 aliphatic carbocycles. The first-order valence-electron chi connectivity index (χ1n) is 13.5. The van der Waals surface area contributed by atoms with Gasteiger partial charge in [-0.2, -0.15) is 0 Å². The van der Waals surface area contributed by atoms with Crippen LogP contribution in [-0.4, -0.2) is 20.6 Å². The fraction of sp³-hybridized carbons (Fsp3) is 0.923. The number of unbranched alkanes of at least 4 members (excludes halogenated alkanes) is 18. The molecular formula is C26H51NO3S2. The highest BCUT2D eigenvalue weighted by Gasteiger charge is 2.12. The molecule has 0 N–H and O–H groups in total. The lowest BCUT2D eigenvalue weighted by molar-refractivity contribution is -0.402. The quantitative estimate of drug-likeness (QED) is 0.0727. The zero-order chi connectivity index (χ0) is 23.7. The SMILES string of the molecule is CCCCCCCCCCCCS/C(=C\[N+](=O)[O-])S(=O)CCCCCCCCCCCC. The van der Waals surface area contributed by atoms with Gasteiger partial charge in [0.05, 0.1) is 15.7 Å². The molecule has 0 heterocycles. The molecule has 0 amide bonds. The first-order valence-corrected chi connectivity index (χ1v) is 15.8. The summed E-state index contributed by atoms with van der Waals surface area (Å²) in [6, 6.07) is 0. The zero-order valence-electron chi connectivity index (χ0n) is 21.1. The van der Waals surface area contributed by atoms with E-state index in [-0.39, 0.29) is 0 Å². The van der Waals surface area contributed by atoms with Crippen LogP contribution in [0.2, 0.25) is 0 Å². The third-order valence-electron chi connectivity index (χ3n) is 5.86. The van der Waals surface area contributed by atoms with E-state index >= 15 is 0 Å². The molecule has 1 atom stereocenters. The van der Waals surface area contributed by atoms with Crippen molar-refractivity contribution in [3.63, 3.8) is 0 Å². The molecule has 0 aromatic rings. The van der Waals surface area contributed by atoms with Crippen molar-refractivity contribution in [1.82, 2.24) is 0 Å². The molecule has 0 fully saturated rings. The van der Waals surface area contributed by atoms with E-state index in [4.69, 9.17) is 0 Å². The summed E-state index contributed by atoms with van der Waals surface area (Å²) in [5.41, 5.74) is 0. The van der Waals surface area contributed by atoms with Crippen LogP contribution < -0.4 is 0 Å². The number of hydrogen-bond donors (Lipinski definition) is 0. The van der Waals surface area contributed by atoms with Crippen LogP contribution in [0.15, 0.2) is 10.4 Å². The van der Waals surface area contributed by atoms with Gasteiger partial charge in [0.25, 0.3) is 6.20 Å². The van der Waals surface area contributed by atoms with Crippen LogP contribution in [0.1, 0.15) is 142 Å². The van der Waals surface area contributed by atoms with Gasteiger partial charge >= 0.3 is 0 Å². The lowest BCUT2D eigenvalue weighted by Crippen LogP contribution is -2.02. The van der Waals surface area contributed by atoms with E-state index in [0.717, 1.165) is 31.2 Å². The van der Waals surface area contributed by atoms with Crippen LogP contribution in [0.25, 0.3) is 0 Å². The second kappa shape index (κ2) is 25.3. The summed E-state index contributed by atoms with van der Waals surface area (Å²) in [5, 5.41) is 10.9. The van der Waals surface area contributed by atoms with Crippen molar-refractivity contribution < 1.29 is 9.13 Å². The van der Waals surface area contributed by atoms with Gasteiger partial charge in [0.1, 0.15) is 4.24 Å². The van der Waals surface area contributed by atoms with Crippen LogP contribution >= 0.6 is 11.8 Å². The average Bonchev–Trinajstić information content (AvgIpc) is 2.77. The van der Waals surface area contributed by atoms with E-state index in [1.54, 1.807) is 0 Å².